The normalized spacial score (nSPS) is 12.5. The Kier molecular flexibility index (Phi) is 4.80. The summed E-state index contributed by atoms with van der Waals surface area (Å²) in [6.45, 7) is 6.71. The van der Waals surface area contributed by atoms with E-state index in [1.54, 1.807) is 30.3 Å². The Hall–Kier alpha value is -3.61. The lowest BCUT2D eigenvalue weighted by atomic mass is 9.87. The standard InChI is InChI=1S/C22H22N4O3/c1-22(2,3)14-4-6-15(7-5-14)23-20-11-9-17(25-26-20)21(27)24-16-8-10-18-19(12-16)29-13-28-18/h4-12H,13H2,1-3H3,(H,23,26)(H,24,27). The quantitative estimate of drug-likeness (QED) is 0.682. The number of ether oxygens (including phenoxy) is 2. The molecule has 0 saturated heterocycles. The van der Waals surface area contributed by atoms with Crippen molar-refractivity contribution < 1.29 is 14.3 Å². The van der Waals surface area contributed by atoms with Crippen LogP contribution in [0.25, 0.3) is 0 Å². The molecule has 1 amide bonds. The summed E-state index contributed by atoms with van der Waals surface area (Å²) < 4.78 is 10.6. The lowest BCUT2D eigenvalue weighted by molar-refractivity contribution is 0.102. The molecule has 0 bridgehead atoms. The van der Waals surface area contributed by atoms with Crippen molar-refractivity contribution in [1.29, 1.82) is 0 Å². The number of aromatic nitrogens is 2. The van der Waals surface area contributed by atoms with Crippen LogP contribution in [0.4, 0.5) is 17.2 Å². The number of carbonyl (C=O) groups is 1. The summed E-state index contributed by atoms with van der Waals surface area (Å²) in [5, 5.41) is 14.1. The molecule has 1 aliphatic rings. The van der Waals surface area contributed by atoms with E-state index in [1.807, 2.05) is 12.1 Å². The topological polar surface area (TPSA) is 85.4 Å². The third-order valence-corrected chi connectivity index (χ3v) is 4.55. The summed E-state index contributed by atoms with van der Waals surface area (Å²) in [6.07, 6.45) is 0. The molecule has 3 aromatic rings. The molecule has 2 aromatic carbocycles. The van der Waals surface area contributed by atoms with Crippen LogP contribution in [-0.2, 0) is 5.41 Å². The van der Waals surface area contributed by atoms with E-state index >= 15 is 0 Å². The van der Waals surface area contributed by atoms with E-state index in [0.717, 1.165) is 5.69 Å². The zero-order chi connectivity index (χ0) is 20.4. The van der Waals surface area contributed by atoms with Gasteiger partial charge in [0.15, 0.2) is 23.0 Å². The lowest BCUT2D eigenvalue weighted by Crippen LogP contribution is -2.14. The van der Waals surface area contributed by atoms with Crippen molar-refractivity contribution in [2.24, 2.45) is 0 Å². The smallest absolute Gasteiger partial charge is 0.276 e. The molecule has 0 spiro atoms. The van der Waals surface area contributed by atoms with Gasteiger partial charge in [-0.2, -0.15) is 0 Å². The van der Waals surface area contributed by atoms with Gasteiger partial charge in [-0.15, -0.1) is 10.2 Å². The maximum absolute atomic E-state index is 12.4. The highest BCUT2D eigenvalue weighted by Crippen LogP contribution is 2.34. The number of carbonyl (C=O) groups excluding carboxylic acids is 1. The number of rotatable bonds is 4. The summed E-state index contributed by atoms with van der Waals surface area (Å²) in [7, 11) is 0. The molecule has 1 aliphatic heterocycles. The summed E-state index contributed by atoms with van der Waals surface area (Å²) in [5.74, 6) is 1.48. The fourth-order valence-electron chi connectivity index (χ4n) is 2.89. The Labute approximate surface area is 169 Å². The number of nitrogens with zero attached hydrogens (tertiary/aromatic N) is 2. The molecule has 0 atom stereocenters. The summed E-state index contributed by atoms with van der Waals surface area (Å²) in [4.78, 5) is 12.4. The highest BCUT2D eigenvalue weighted by atomic mass is 16.7. The number of hydrogen-bond acceptors (Lipinski definition) is 6. The Morgan fingerprint density at radius 3 is 2.31 bits per heavy atom. The van der Waals surface area contributed by atoms with Crippen LogP contribution < -0.4 is 20.1 Å². The SMILES string of the molecule is CC(C)(C)c1ccc(Nc2ccc(C(=O)Nc3ccc4c(c3)OCO4)nn2)cc1. The van der Waals surface area contributed by atoms with Gasteiger partial charge in [-0.1, -0.05) is 32.9 Å². The van der Waals surface area contributed by atoms with Crippen molar-refractivity contribution in [1.82, 2.24) is 10.2 Å². The van der Waals surface area contributed by atoms with Gasteiger partial charge in [-0.05, 0) is 47.4 Å². The van der Waals surface area contributed by atoms with E-state index in [1.165, 1.54) is 5.56 Å². The molecule has 0 fully saturated rings. The third-order valence-electron chi connectivity index (χ3n) is 4.55. The lowest BCUT2D eigenvalue weighted by Gasteiger charge is -2.19. The van der Waals surface area contributed by atoms with E-state index < -0.39 is 0 Å². The zero-order valence-electron chi connectivity index (χ0n) is 16.5. The Balaban J connectivity index is 1.40. The summed E-state index contributed by atoms with van der Waals surface area (Å²) in [5.41, 5.74) is 3.08. The monoisotopic (exact) mass is 390 g/mol. The molecule has 7 heteroatoms. The van der Waals surface area contributed by atoms with Gasteiger partial charge in [0.2, 0.25) is 6.79 Å². The first-order valence-corrected chi connectivity index (χ1v) is 9.31. The number of hydrogen-bond donors (Lipinski definition) is 2. The van der Waals surface area contributed by atoms with Crippen molar-refractivity contribution in [3.05, 3.63) is 65.9 Å². The average Bonchev–Trinajstić information content (AvgIpc) is 3.16. The Bertz CT molecular complexity index is 1030. The fraction of sp³-hybridized carbons (Fsp3) is 0.227. The summed E-state index contributed by atoms with van der Waals surface area (Å²) >= 11 is 0. The number of benzene rings is 2. The highest BCUT2D eigenvalue weighted by molar-refractivity contribution is 6.03. The van der Waals surface area contributed by atoms with Crippen molar-refractivity contribution in [3.63, 3.8) is 0 Å². The third kappa shape index (κ3) is 4.29. The number of anilines is 3. The summed E-state index contributed by atoms with van der Waals surface area (Å²) in [6, 6.07) is 16.7. The van der Waals surface area contributed by atoms with Crippen LogP contribution in [0.5, 0.6) is 11.5 Å². The predicted octanol–water partition coefficient (Wildman–Crippen LogP) is 4.50. The molecule has 4 rings (SSSR count). The molecular formula is C22H22N4O3. The second-order valence-corrected chi connectivity index (χ2v) is 7.78. The van der Waals surface area contributed by atoms with Gasteiger partial charge < -0.3 is 20.1 Å². The minimum Gasteiger partial charge on any atom is -0.454 e. The van der Waals surface area contributed by atoms with E-state index in [-0.39, 0.29) is 23.8 Å². The largest absolute Gasteiger partial charge is 0.454 e. The van der Waals surface area contributed by atoms with Gasteiger partial charge in [0.1, 0.15) is 0 Å². The van der Waals surface area contributed by atoms with Crippen LogP contribution in [0, 0.1) is 0 Å². The molecule has 2 heterocycles. The first-order chi connectivity index (χ1) is 13.9. The van der Waals surface area contributed by atoms with Crippen molar-refractivity contribution in [2.45, 2.75) is 26.2 Å². The first-order valence-electron chi connectivity index (χ1n) is 9.31. The molecule has 7 nitrogen and oxygen atoms in total. The van der Waals surface area contributed by atoms with Gasteiger partial charge >= 0.3 is 0 Å². The number of nitrogens with one attached hydrogen (secondary N) is 2. The minimum absolute atomic E-state index is 0.103. The van der Waals surface area contributed by atoms with Crippen LogP contribution in [-0.4, -0.2) is 22.9 Å². The highest BCUT2D eigenvalue weighted by Gasteiger charge is 2.16. The van der Waals surface area contributed by atoms with Crippen LogP contribution in [0.3, 0.4) is 0 Å². The maximum atomic E-state index is 12.4. The molecular weight excluding hydrogens is 368 g/mol. The van der Waals surface area contributed by atoms with Gasteiger partial charge in [0.25, 0.3) is 5.91 Å². The average molecular weight is 390 g/mol. The van der Waals surface area contributed by atoms with Crippen molar-refractivity contribution >= 4 is 23.1 Å². The van der Waals surface area contributed by atoms with Crippen LogP contribution in [0.1, 0.15) is 36.8 Å². The van der Waals surface area contributed by atoms with E-state index in [0.29, 0.717) is 23.0 Å². The van der Waals surface area contributed by atoms with Gasteiger partial charge in [0, 0.05) is 17.4 Å². The van der Waals surface area contributed by atoms with Crippen LogP contribution in [0.2, 0.25) is 0 Å². The predicted molar refractivity (Wildman–Crippen MR) is 111 cm³/mol. The Morgan fingerprint density at radius 2 is 1.62 bits per heavy atom. The molecule has 0 radical (unpaired) electrons. The fourth-order valence-corrected chi connectivity index (χ4v) is 2.89. The second kappa shape index (κ2) is 7.43. The number of amides is 1. The molecule has 148 valence electrons. The van der Waals surface area contributed by atoms with Gasteiger partial charge in [-0.3, -0.25) is 4.79 Å². The van der Waals surface area contributed by atoms with E-state index in [9.17, 15) is 4.79 Å². The van der Waals surface area contributed by atoms with Gasteiger partial charge in [-0.25, -0.2) is 0 Å². The van der Waals surface area contributed by atoms with E-state index in [2.05, 4.69) is 53.7 Å². The van der Waals surface area contributed by atoms with Gasteiger partial charge in [0.05, 0.1) is 0 Å². The zero-order valence-corrected chi connectivity index (χ0v) is 16.5. The molecule has 2 N–H and O–H groups in total. The molecule has 0 unspecified atom stereocenters. The molecule has 0 saturated carbocycles. The Morgan fingerprint density at radius 1 is 0.897 bits per heavy atom. The van der Waals surface area contributed by atoms with Crippen molar-refractivity contribution in [2.75, 3.05) is 17.4 Å². The van der Waals surface area contributed by atoms with Crippen molar-refractivity contribution in [3.8, 4) is 11.5 Å². The molecule has 29 heavy (non-hydrogen) atoms. The number of fused-ring (bicyclic) bond motifs is 1. The molecule has 1 aromatic heterocycles. The van der Waals surface area contributed by atoms with E-state index in [4.69, 9.17) is 9.47 Å². The first kappa shape index (κ1) is 18.7. The van der Waals surface area contributed by atoms with Crippen LogP contribution in [0.15, 0.2) is 54.6 Å². The van der Waals surface area contributed by atoms with Crippen LogP contribution >= 0.6 is 0 Å². The maximum Gasteiger partial charge on any atom is 0.276 e. The minimum atomic E-state index is -0.350. The second-order valence-electron chi connectivity index (χ2n) is 7.78. The molecule has 0 aliphatic carbocycles.